The number of carbonyl (C=O) groups excluding carboxylic acids is 2. The van der Waals surface area contributed by atoms with E-state index in [9.17, 15) is 9.59 Å². The molecule has 1 amide bonds. The standard InChI is InChI=1S/C20H25IN2O5S/c1-11(2)22-20-23(12(3)4)19(25)16(29-20)9-13-7-14(21)18(15(8-13)26-5)28-10-17(24)27-6/h7-9,11-12H,10H2,1-6H3/b16-9+,22-20?. The normalized spacial score (nSPS) is 17.0. The first-order valence-electron chi connectivity index (χ1n) is 9.06. The number of nitrogens with zero attached hydrogens (tertiary/aromatic N) is 2. The molecule has 29 heavy (non-hydrogen) atoms. The van der Waals surface area contributed by atoms with Crippen molar-refractivity contribution in [3.05, 3.63) is 26.2 Å². The molecular formula is C20H25IN2O5S. The molecule has 0 spiro atoms. The van der Waals surface area contributed by atoms with Gasteiger partial charge in [0.1, 0.15) is 0 Å². The van der Waals surface area contributed by atoms with Crippen LogP contribution in [0.4, 0.5) is 0 Å². The maximum absolute atomic E-state index is 12.9. The van der Waals surface area contributed by atoms with Crippen LogP contribution in [-0.2, 0) is 14.3 Å². The Morgan fingerprint density at radius 2 is 1.97 bits per heavy atom. The Morgan fingerprint density at radius 3 is 2.52 bits per heavy atom. The second-order valence-electron chi connectivity index (χ2n) is 6.78. The SMILES string of the molecule is COC(=O)COc1c(I)cc(/C=C2/SC(=NC(C)C)N(C(C)C)C2=O)cc1OC. The van der Waals surface area contributed by atoms with Gasteiger partial charge in [-0.15, -0.1) is 0 Å². The number of hydrogen-bond acceptors (Lipinski definition) is 7. The number of benzene rings is 1. The van der Waals surface area contributed by atoms with Crippen LogP contribution in [0.25, 0.3) is 6.08 Å². The minimum absolute atomic E-state index is 0.0159. The fourth-order valence-corrected chi connectivity index (χ4v) is 4.57. The van der Waals surface area contributed by atoms with Gasteiger partial charge >= 0.3 is 5.97 Å². The first-order valence-corrected chi connectivity index (χ1v) is 11.0. The van der Waals surface area contributed by atoms with Gasteiger partial charge in [-0.25, -0.2) is 4.79 Å². The van der Waals surface area contributed by atoms with Gasteiger partial charge in [-0.3, -0.25) is 14.7 Å². The summed E-state index contributed by atoms with van der Waals surface area (Å²) in [5.41, 5.74) is 0.794. The topological polar surface area (TPSA) is 77.4 Å². The van der Waals surface area contributed by atoms with Gasteiger partial charge in [0, 0.05) is 12.1 Å². The molecule has 1 aliphatic rings. The molecule has 0 saturated carbocycles. The molecule has 0 aliphatic carbocycles. The summed E-state index contributed by atoms with van der Waals surface area (Å²) in [6.45, 7) is 7.69. The van der Waals surface area contributed by atoms with Crippen LogP contribution in [0.15, 0.2) is 22.0 Å². The minimum Gasteiger partial charge on any atom is -0.493 e. The van der Waals surface area contributed by atoms with Crippen LogP contribution in [0.3, 0.4) is 0 Å². The second kappa shape index (κ2) is 10.3. The van der Waals surface area contributed by atoms with E-state index in [-0.39, 0.29) is 24.6 Å². The molecule has 9 heteroatoms. The molecule has 0 aromatic heterocycles. The zero-order valence-electron chi connectivity index (χ0n) is 17.3. The molecule has 2 rings (SSSR count). The highest BCUT2D eigenvalue weighted by molar-refractivity contribution is 14.1. The molecular weight excluding hydrogens is 507 g/mol. The molecule has 1 aliphatic heterocycles. The Bertz CT molecular complexity index is 852. The summed E-state index contributed by atoms with van der Waals surface area (Å²) in [6, 6.07) is 3.75. The van der Waals surface area contributed by atoms with E-state index in [1.807, 2.05) is 39.8 Å². The van der Waals surface area contributed by atoms with E-state index < -0.39 is 5.97 Å². The summed E-state index contributed by atoms with van der Waals surface area (Å²) in [5.74, 6) is 0.383. The Hall–Kier alpha value is -1.75. The number of amides is 1. The van der Waals surface area contributed by atoms with E-state index >= 15 is 0 Å². The Kier molecular flexibility index (Phi) is 8.38. The highest BCUT2D eigenvalue weighted by Crippen LogP contribution is 2.38. The van der Waals surface area contributed by atoms with Crippen LogP contribution in [0.2, 0.25) is 0 Å². The van der Waals surface area contributed by atoms with Crippen LogP contribution >= 0.6 is 34.4 Å². The zero-order chi connectivity index (χ0) is 21.7. The third kappa shape index (κ3) is 5.88. The smallest absolute Gasteiger partial charge is 0.343 e. The first-order chi connectivity index (χ1) is 13.7. The highest BCUT2D eigenvalue weighted by atomic mass is 127. The largest absolute Gasteiger partial charge is 0.493 e. The lowest BCUT2D eigenvalue weighted by Gasteiger charge is -2.20. The molecule has 0 bridgehead atoms. The molecule has 158 valence electrons. The molecule has 1 fully saturated rings. The van der Waals surface area contributed by atoms with E-state index in [1.54, 1.807) is 11.0 Å². The van der Waals surface area contributed by atoms with Crippen LogP contribution in [0.1, 0.15) is 33.3 Å². The number of ether oxygens (including phenoxy) is 3. The summed E-state index contributed by atoms with van der Waals surface area (Å²) in [4.78, 5) is 31.2. The van der Waals surface area contributed by atoms with E-state index in [0.717, 1.165) is 9.13 Å². The second-order valence-corrected chi connectivity index (χ2v) is 8.96. The number of carbonyl (C=O) groups is 2. The van der Waals surface area contributed by atoms with Gasteiger partial charge < -0.3 is 14.2 Å². The Labute approximate surface area is 189 Å². The fraction of sp³-hybridized carbons (Fsp3) is 0.450. The maximum Gasteiger partial charge on any atom is 0.343 e. The van der Waals surface area contributed by atoms with Crippen LogP contribution in [-0.4, -0.2) is 54.9 Å². The lowest BCUT2D eigenvalue weighted by atomic mass is 10.1. The van der Waals surface area contributed by atoms with Gasteiger partial charge in [0.2, 0.25) is 0 Å². The number of esters is 1. The summed E-state index contributed by atoms with van der Waals surface area (Å²) in [5, 5.41) is 0.714. The van der Waals surface area contributed by atoms with Crippen molar-refractivity contribution in [3.63, 3.8) is 0 Å². The van der Waals surface area contributed by atoms with Crippen molar-refractivity contribution in [2.75, 3.05) is 20.8 Å². The number of halogens is 1. The molecule has 0 atom stereocenters. The van der Waals surface area contributed by atoms with Crippen molar-refractivity contribution < 1.29 is 23.8 Å². The minimum atomic E-state index is -0.479. The number of thioether (sulfide) groups is 1. The third-order valence-corrected chi connectivity index (χ3v) is 5.63. The van der Waals surface area contributed by atoms with Crippen LogP contribution in [0.5, 0.6) is 11.5 Å². The van der Waals surface area contributed by atoms with Gasteiger partial charge in [0.05, 0.1) is 22.7 Å². The number of hydrogen-bond donors (Lipinski definition) is 0. The maximum atomic E-state index is 12.9. The lowest BCUT2D eigenvalue weighted by molar-refractivity contribution is -0.143. The molecule has 0 unspecified atom stereocenters. The summed E-state index contributed by atoms with van der Waals surface area (Å²) < 4.78 is 16.3. The average molecular weight is 532 g/mol. The Balaban J connectivity index is 2.37. The predicted molar refractivity (Wildman–Crippen MR) is 123 cm³/mol. The van der Waals surface area contributed by atoms with Gasteiger partial charge in [0.25, 0.3) is 5.91 Å². The summed E-state index contributed by atoms with van der Waals surface area (Å²) >= 11 is 3.48. The lowest BCUT2D eigenvalue weighted by Crippen LogP contribution is -2.35. The molecule has 7 nitrogen and oxygen atoms in total. The van der Waals surface area contributed by atoms with E-state index in [4.69, 9.17) is 9.47 Å². The van der Waals surface area contributed by atoms with Gasteiger partial charge in [0.15, 0.2) is 23.3 Å². The molecule has 1 heterocycles. The molecule has 1 saturated heterocycles. The number of methoxy groups -OCH3 is 2. The predicted octanol–water partition coefficient (Wildman–Crippen LogP) is 3.94. The van der Waals surface area contributed by atoms with Gasteiger partial charge in [-0.05, 0) is 85.8 Å². The van der Waals surface area contributed by atoms with Crippen molar-refractivity contribution in [1.82, 2.24) is 4.90 Å². The van der Waals surface area contributed by atoms with E-state index in [2.05, 4.69) is 32.3 Å². The zero-order valence-corrected chi connectivity index (χ0v) is 20.3. The fourth-order valence-electron chi connectivity index (χ4n) is 2.56. The summed E-state index contributed by atoms with van der Waals surface area (Å²) in [6.07, 6.45) is 1.82. The number of rotatable bonds is 7. The first kappa shape index (κ1) is 23.5. The number of aliphatic imine (C=N–C) groups is 1. The van der Waals surface area contributed by atoms with Crippen molar-refractivity contribution in [1.29, 1.82) is 0 Å². The van der Waals surface area contributed by atoms with Crippen molar-refractivity contribution >= 4 is 57.5 Å². The molecule has 0 radical (unpaired) electrons. The van der Waals surface area contributed by atoms with E-state index in [0.29, 0.717) is 21.6 Å². The molecule has 1 aromatic rings. The number of amidine groups is 1. The van der Waals surface area contributed by atoms with Crippen molar-refractivity contribution in [2.24, 2.45) is 4.99 Å². The Morgan fingerprint density at radius 1 is 1.28 bits per heavy atom. The quantitative estimate of drug-likeness (QED) is 0.301. The van der Waals surface area contributed by atoms with Gasteiger partial charge in [-0.1, -0.05) is 0 Å². The average Bonchev–Trinajstić information content (AvgIpc) is 2.94. The highest BCUT2D eigenvalue weighted by Gasteiger charge is 2.35. The van der Waals surface area contributed by atoms with Crippen molar-refractivity contribution in [2.45, 2.75) is 39.8 Å². The summed E-state index contributed by atoms with van der Waals surface area (Å²) in [7, 11) is 2.83. The molecule has 0 N–H and O–H groups in total. The van der Waals surface area contributed by atoms with Crippen LogP contribution in [0, 0.1) is 3.57 Å². The van der Waals surface area contributed by atoms with Crippen LogP contribution < -0.4 is 9.47 Å². The molecule has 1 aromatic carbocycles. The van der Waals surface area contributed by atoms with E-state index in [1.165, 1.54) is 26.0 Å². The van der Waals surface area contributed by atoms with Gasteiger partial charge in [-0.2, -0.15) is 0 Å². The van der Waals surface area contributed by atoms with Crippen molar-refractivity contribution in [3.8, 4) is 11.5 Å². The third-order valence-electron chi connectivity index (χ3n) is 3.83. The monoisotopic (exact) mass is 532 g/mol.